The molecule has 1 aliphatic heterocycles. The van der Waals surface area contributed by atoms with Crippen molar-refractivity contribution in [3.8, 4) is 0 Å². The monoisotopic (exact) mass is 347 g/mol. The van der Waals surface area contributed by atoms with E-state index in [9.17, 15) is 4.79 Å². The van der Waals surface area contributed by atoms with E-state index in [1.165, 1.54) is 4.90 Å². The molecule has 0 saturated heterocycles. The van der Waals surface area contributed by atoms with Gasteiger partial charge in [-0.1, -0.05) is 17.7 Å². The van der Waals surface area contributed by atoms with Crippen LogP contribution in [0.2, 0.25) is 5.02 Å². The number of amides is 2. The number of pyridine rings is 1. The number of thioether (sulfide) groups is 1. The molecule has 0 bridgehead atoms. The fraction of sp³-hybridized carbons (Fsp3) is 0.294. The average Bonchev–Trinajstić information content (AvgIpc) is 2.56. The van der Waals surface area contributed by atoms with E-state index in [1.54, 1.807) is 18.0 Å². The number of rotatable bonds is 4. The van der Waals surface area contributed by atoms with Gasteiger partial charge in [-0.25, -0.2) is 4.79 Å². The zero-order chi connectivity index (χ0) is 16.1. The molecule has 0 radical (unpaired) electrons. The van der Waals surface area contributed by atoms with E-state index in [2.05, 4.69) is 15.6 Å². The number of hydrogen-bond acceptors (Lipinski definition) is 3. The van der Waals surface area contributed by atoms with Gasteiger partial charge in [-0.2, -0.15) is 0 Å². The summed E-state index contributed by atoms with van der Waals surface area (Å²) in [4.78, 5) is 17.5. The molecule has 0 fully saturated rings. The Morgan fingerprint density at radius 1 is 1.35 bits per heavy atom. The Kier molecular flexibility index (Phi) is 5.41. The van der Waals surface area contributed by atoms with Crippen LogP contribution in [0.1, 0.15) is 23.7 Å². The lowest BCUT2D eigenvalue weighted by Gasteiger charge is -2.26. The highest BCUT2D eigenvalue weighted by molar-refractivity contribution is 7.99. The number of nitrogens with zero attached hydrogens (tertiary/aromatic N) is 1. The van der Waals surface area contributed by atoms with Crippen LogP contribution in [-0.2, 0) is 6.42 Å². The Hall–Kier alpha value is -1.72. The fourth-order valence-electron chi connectivity index (χ4n) is 2.57. The van der Waals surface area contributed by atoms with E-state index in [1.807, 2.05) is 36.4 Å². The third-order valence-electron chi connectivity index (χ3n) is 3.71. The van der Waals surface area contributed by atoms with Gasteiger partial charge in [-0.3, -0.25) is 4.98 Å². The van der Waals surface area contributed by atoms with Crippen LogP contribution in [0.4, 0.5) is 4.79 Å². The molecular formula is C17H18ClN3OS. The molecule has 1 unspecified atom stereocenters. The first-order valence-corrected chi connectivity index (χ1v) is 8.95. The maximum atomic E-state index is 12.1. The van der Waals surface area contributed by atoms with Crippen LogP contribution in [-0.4, -0.2) is 23.3 Å². The van der Waals surface area contributed by atoms with Crippen LogP contribution in [0.15, 0.2) is 47.5 Å². The van der Waals surface area contributed by atoms with E-state index < -0.39 is 0 Å². The average molecular weight is 348 g/mol. The Balaban J connectivity index is 1.54. The molecule has 2 heterocycles. The Bertz CT molecular complexity index is 681. The number of halogens is 1. The van der Waals surface area contributed by atoms with Crippen LogP contribution in [0.5, 0.6) is 0 Å². The van der Waals surface area contributed by atoms with Gasteiger partial charge in [0.2, 0.25) is 0 Å². The molecule has 0 aliphatic carbocycles. The molecule has 0 saturated carbocycles. The standard InChI is InChI=1S/C17H18ClN3OS/c18-12-4-5-16-14(11-12)15(7-10-23-16)21-17(22)20-9-6-13-3-1-2-8-19-13/h1-5,8,11,15H,6-7,9-10H2,(H2,20,21,22). The second kappa shape index (κ2) is 7.70. The van der Waals surface area contributed by atoms with Gasteiger partial charge in [-0.15, -0.1) is 11.8 Å². The van der Waals surface area contributed by atoms with Gasteiger partial charge in [0.1, 0.15) is 0 Å². The minimum atomic E-state index is -0.149. The summed E-state index contributed by atoms with van der Waals surface area (Å²) in [5.74, 6) is 0.994. The predicted molar refractivity (Wildman–Crippen MR) is 94.0 cm³/mol. The van der Waals surface area contributed by atoms with Crippen LogP contribution in [0.3, 0.4) is 0 Å². The number of aromatic nitrogens is 1. The second-order valence-electron chi connectivity index (χ2n) is 5.34. The SMILES string of the molecule is O=C(NCCc1ccccn1)NC1CCSc2ccc(Cl)cc21. The maximum absolute atomic E-state index is 12.1. The highest BCUT2D eigenvalue weighted by Crippen LogP contribution is 2.37. The van der Waals surface area contributed by atoms with Gasteiger partial charge in [0.25, 0.3) is 0 Å². The normalized spacial score (nSPS) is 16.5. The predicted octanol–water partition coefficient (Wildman–Crippen LogP) is 3.81. The number of fused-ring (bicyclic) bond motifs is 1. The second-order valence-corrected chi connectivity index (χ2v) is 6.92. The van der Waals surface area contributed by atoms with E-state index in [0.29, 0.717) is 11.6 Å². The zero-order valence-electron chi connectivity index (χ0n) is 12.6. The van der Waals surface area contributed by atoms with Gasteiger partial charge >= 0.3 is 6.03 Å². The number of hydrogen-bond donors (Lipinski definition) is 2. The third kappa shape index (κ3) is 4.39. The van der Waals surface area contributed by atoms with E-state index in [0.717, 1.165) is 29.9 Å². The lowest BCUT2D eigenvalue weighted by molar-refractivity contribution is 0.236. The van der Waals surface area contributed by atoms with Crippen LogP contribution in [0.25, 0.3) is 0 Å². The molecule has 3 rings (SSSR count). The lowest BCUT2D eigenvalue weighted by Crippen LogP contribution is -2.39. The molecule has 2 amide bonds. The van der Waals surface area contributed by atoms with Gasteiger partial charge in [0, 0.05) is 40.5 Å². The van der Waals surface area contributed by atoms with Crippen LogP contribution < -0.4 is 10.6 Å². The van der Waals surface area contributed by atoms with Crippen molar-refractivity contribution in [2.24, 2.45) is 0 Å². The zero-order valence-corrected chi connectivity index (χ0v) is 14.2. The van der Waals surface area contributed by atoms with Crippen molar-refractivity contribution in [3.05, 3.63) is 58.9 Å². The number of urea groups is 1. The van der Waals surface area contributed by atoms with Gasteiger partial charge in [0.05, 0.1) is 6.04 Å². The molecule has 6 heteroatoms. The minimum Gasteiger partial charge on any atom is -0.338 e. The van der Waals surface area contributed by atoms with Crippen molar-refractivity contribution in [2.75, 3.05) is 12.3 Å². The molecule has 1 aromatic carbocycles. The summed E-state index contributed by atoms with van der Waals surface area (Å²) in [6.45, 7) is 0.562. The number of carbonyl (C=O) groups excluding carboxylic acids is 1. The van der Waals surface area contributed by atoms with Crippen molar-refractivity contribution >= 4 is 29.4 Å². The van der Waals surface area contributed by atoms with E-state index in [-0.39, 0.29) is 12.1 Å². The topological polar surface area (TPSA) is 54.0 Å². The summed E-state index contributed by atoms with van der Waals surface area (Å²) >= 11 is 7.89. The molecule has 1 atom stereocenters. The molecule has 1 aromatic heterocycles. The summed E-state index contributed by atoms with van der Waals surface area (Å²) in [6, 6.07) is 11.5. The fourth-order valence-corrected chi connectivity index (χ4v) is 3.86. The van der Waals surface area contributed by atoms with Crippen molar-refractivity contribution in [2.45, 2.75) is 23.8 Å². The van der Waals surface area contributed by atoms with Gasteiger partial charge < -0.3 is 10.6 Å². The lowest BCUT2D eigenvalue weighted by atomic mass is 10.0. The largest absolute Gasteiger partial charge is 0.338 e. The van der Waals surface area contributed by atoms with Crippen molar-refractivity contribution in [1.82, 2.24) is 15.6 Å². The molecule has 1 aliphatic rings. The number of benzene rings is 1. The van der Waals surface area contributed by atoms with Crippen LogP contribution >= 0.6 is 23.4 Å². The van der Waals surface area contributed by atoms with E-state index in [4.69, 9.17) is 11.6 Å². The first kappa shape index (κ1) is 16.1. The number of nitrogens with one attached hydrogen (secondary N) is 2. The van der Waals surface area contributed by atoms with Crippen molar-refractivity contribution < 1.29 is 4.79 Å². The first-order chi connectivity index (χ1) is 11.2. The Morgan fingerprint density at radius 2 is 2.26 bits per heavy atom. The summed E-state index contributed by atoms with van der Waals surface area (Å²) < 4.78 is 0. The molecule has 0 spiro atoms. The summed E-state index contributed by atoms with van der Waals surface area (Å²) in [5, 5.41) is 6.64. The van der Waals surface area contributed by atoms with Crippen molar-refractivity contribution in [3.63, 3.8) is 0 Å². The van der Waals surface area contributed by atoms with Crippen LogP contribution in [0, 0.1) is 0 Å². The summed E-state index contributed by atoms with van der Waals surface area (Å²) in [7, 11) is 0. The number of carbonyl (C=O) groups is 1. The van der Waals surface area contributed by atoms with Gasteiger partial charge in [0.15, 0.2) is 0 Å². The maximum Gasteiger partial charge on any atom is 0.315 e. The summed E-state index contributed by atoms with van der Waals surface area (Å²) in [6.07, 6.45) is 3.39. The Labute approximate surface area is 145 Å². The van der Waals surface area contributed by atoms with Crippen molar-refractivity contribution in [1.29, 1.82) is 0 Å². The summed E-state index contributed by atoms with van der Waals surface area (Å²) in [5.41, 5.74) is 2.08. The minimum absolute atomic E-state index is 0.0137. The molecule has 2 aromatic rings. The van der Waals surface area contributed by atoms with Gasteiger partial charge in [-0.05, 0) is 42.3 Å². The quantitative estimate of drug-likeness (QED) is 0.884. The van der Waals surface area contributed by atoms with E-state index >= 15 is 0 Å². The third-order valence-corrected chi connectivity index (χ3v) is 5.07. The highest BCUT2D eigenvalue weighted by atomic mass is 35.5. The molecular weight excluding hydrogens is 330 g/mol. The Morgan fingerprint density at radius 3 is 3.09 bits per heavy atom. The smallest absolute Gasteiger partial charge is 0.315 e. The highest BCUT2D eigenvalue weighted by Gasteiger charge is 2.22. The molecule has 23 heavy (non-hydrogen) atoms. The molecule has 120 valence electrons. The first-order valence-electron chi connectivity index (χ1n) is 7.59. The molecule has 2 N–H and O–H groups in total. The molecule has 4 nitrogen and oxygen atoms in total.